The summed E-state index contributed by atoms with van der Waals surface area (Å²) in [6.45, 7) is 3.78. The van der Waals surface area contributed by atoms with E-state index >= 15 is 0 Å². The van der Waals surface area contributed by atoms with Crippen molar-refractivity contribution in [2.75, 3.05) is 5.32 Å². The Hall–Kier alpha value is -4.34. The largest absolute Gasteiger partial charge is 0.309 e. The molecule has 162 valence electrons. The highest BCUT2D eigenvalue weighted by Gasteiger charge is 2.44. The Labute approximate surface area is 182 Å². The third-order valence-corrected chi connectivity index (χ3v) is 5.27. The molecule has 3 amide bonds. The lowest BCUT2D eigenvalue weighted by Gasteiger charge is -2.21. The van der Waals surface area contributed by atoms with Gasteiger partial charge in [-0.25, -0.2) is 4.68 Å². The second-order valence-electron chi connectivity index (χ2n) is 7.47. The van der Waals surface area contributed by atoms with E-state index < -0.39 is 34.4 Å². The van der Waals surface area contributed by atoms with Crippen molar-refractivity contribution in [3.05, 3.63) is 87.1 Å². The third-order valence-electron chi connectivity index (χ3n) is 5.27. The minimum absolute atomic E-state index is 0.0895. The molecule has 32 heavy (non-hydrogen) atoms. The number of benzene rings is 2. The number of carbonyl (C=O) groups excluding carboxylic acids is 3. The van der Waals surface area contributed by atoms with Gasteiger partial charge in [0.2, 0.25) is 5.91 Å². The summed E-state index contributed by atoms with van der Waals surface area (Å²) >= 11 is 0. The number of rotatable bonds is 6. The fraction of sp³-hybridized carbons (Fsp3) is 0.182. The van der Waals surface area contributed by atoms with Crippen LogP contribution >= 0.6 is 0 Å². The zero-order chi connectivity index (χ0) is 23.0. The number of fused-ring (bicyclic) bond motifs is 1. The summed E-state index contributed by atoms with van der Waals surface area (Å²) in [4.78, 5) is 49.8. The highest BCUT2D eigenvalue weighted by atomic mass is 16.6. The summed E-state index contributed by atoms with van der Waals surface area (Å²) in [5, 5.41) is 18.2. The van der Waals surface area contributed by atoms with Crippen LogP contribution in [0.5, 0.6) is 0 Å². The van der Waals surface area contributed by atoms with Gasteiger partial charge in [-0.05, 0) is 25.5 Å². The number of nitrogens with zero attached hydrogens (tertiary/aromatic N) is 4. The van der Waals surface area contributed by atoms with Gasteiger partial charge in [-0.15, -0.1) is 0 Å². The smallest absolute Gasteiger partial charge is 0.282 e. The van der Waals surface area contributed by atoms with Crippen LogP contribution in [0.3, 0.4) is 0 Å². The van der Waals surface area contributed by atoms with Gasteiger partial charge in [-0.2, -0.15) is 5.10 Å². The number of imide groups is 1. The maximum atomic E-state index is 12.9. The topological polar surface area (TPSA) is 127 Å². The van der Waals surface area contributed by atoms with Crippen LogP contribution < -0.4 is 5.32 Å². The van der Waals surface area contributed by atoms with Gasteiger partial charge in [0.05, 0.1) is 23.2 Å². The van der Waals surface area contributed by atoms with E-state index in [0.717, 1.165) is 22.1 Å². The van der Waals surface area contributed by atoms with E-state index in [-0.39, 0.29) is 11.1 Å². The Kier molecular flexibility index (Phi) is 5.27. The first-order chi connectivity index (χ1) is 15.3. The van der Waals surface area contributed by atoms with Crippen LogP contribution in [0.15, 0.2) is 54.7 Å². The zero-order valence-electron chi connectivity index (χ0n) is 17.3. The number of aryl methyl sites for hydroxylation is 1. The SMILES string of the molecule is Cc1cccc(Cn2nccc2NC(=O)C(C)N2C(=O)c3cccc([N+](=O)[O-])c3C2=O)c1. The molecule has 0 radical (unpaired) electrons. The fourth-order valence-electron chi connectivity index (χ4n) is 3.69. The second kappa shape index (κ2) is 8.06. The van der Waals surface area contributed by atoms with Crippen molar-refractivity contribution in [2.24, 2.45) is 0 Å². The molecule has 0 fully saturated rings. The Balaban J connectivity index is 1.54. The maximum Gasteiger partial charge on any atom is 0.282 e. The number of hydrogen-bond donors (Lipinski definition) is 1. The Morgan fingerprint density at radius 1 is 1.16 bits per heavy atom. The molecule has 10 nitrogen and oxygen atoms in total. The third kappa shape index (κ3) is 3.62. The van der Waals surface area contributed by atoms with E-state index in [1.807, 2.05) is 31.2 Å². The molecule has 1 aromatic heterocycles. The molecule has 0 saturated heterocycles. The molecule has 10 heteroatoms. The molecule has 0 saturated carbocycles. The summed E-state index contributed by atoms with van der Waals surface area (Å²) in [6, 6.07) is 12.1. The number of carbonyl (C=O) groups is 3. The number of anilines is 1. The minimum Gasteiger partial charge on any atom is -0.309 e. The Morgan fingerprint density at radius 2 is 1.91 bits per heavy atom. The highest BCUT2D eigenvalue weighted by Crippen LogP contribution is 2.32. The predicted octanol–water partition coefficient (Wildman–Crippen LogP) is 2.77. The first-order valence-corrected chi connectivity index (χ1v) is 9.81. The first-order valence-electron chi connectivity index (χ1n) is 9.81. The standard InChI is InChI=1S/C22H19N5O5/c1-13-5-3-6-15(11-13)12-25-18(9-10-23-25)24-20(28)14(2)26-21(29)16-7-4-8-17(27(31)32)19(16)22(26)30/h3-11,14H,12H2,1-2H3,(H,24,28). The zero-order valence-corrected chi connectivity index (χ0v) is 17.3. The van der Waals surface area contributed by atoms with Crippen LogP contribution in [0.1, 0.15) is 38.8 Å². The maximum absolute atomic E-state index is 12.9. The van der Waals surface area contributed by atoms with Crippen molar-refractivity contribution < 1.29 is 19.3 Å². The summed E-state index contributed by atoms with van der Waals surface area (Å²) in [5.74, 6) is -1.84. The lowest BCUT2D eigenvalue weighted by atomic mass is 10.1. The number of hydrogen-bond acceptors (Lipinski definition) is 6. The molecule has 0 spiro atoms. The van der Waals surface area contributed by atoms with Gasteiger partial charge in [-0.1, -0.05) is 35.9 Å². The molecule has 4 rings (SSSR count). The van der Waals surface area contributed by atoms with E-state index in [9.17, 15) is 24.5 Å². The van der Waals surface area contributed by atoms with E-state index in [2.05, 4.69) is 10.4 Å². The van der Waals surface area contributed by atoms with Gasteiger partial charge < -0.3 is 5.32 Å². The Bertz CT molecular complexity index is 1270. The number of nitrogens with one attached hydrogen (secondary N) is 1. The average molecular weight is 433 g/mol. The van der Waals surface area contributed by atoms with Crippen LogP contribution in [0.2, 0.25) is 0 Å². The summed E-state index contributed by atoms with van der Waals surface area (Å²) < 4.78 is 1.59. The van der Waals surface area contributed by atoms with Crippen LogP contribution in [0.4, 0.5) is 11.5 Å². The van der Waals surface area contributed by atoms with Crippen LogP contribution in [0.25, 0.3) is 0 Å². The van der Waals surface area contributed by atoms with E-state index in [4.69, 9.17) is 0 Å². The molecular formula is C22H19N5O5. The highest BCUT2D eigenvalue weighted by molar-refractivity contribution is 6.24. The molecule has 0 aliphatic carbocycles. The summed E-state index contributed by atoms with van der Waals surface area (Å²) in [5.41, 5.74) is 1.23. The average Bonchev–Trinajstić information content (AvgIpc) is 3.29. The molecule has 1 aliphatic heterocycles. The van der Waals surface area contributed by atoms with Crippen molar-refractivity contribution in [3.8, 4) is 0 Å². The van der Waals surface area contributed by atoms with Gasteiger partial charge >= 0.3 is 0 Å². The van der Waals surface area contributed by atoms with Crippen molar-refractivity contribution in [3.63, 3.8) is 0 Å². The van der Waals surface area contributed by atoms with Crippen molar-refractivity contribution in [1.82, 2.24) is 14.7 Å². The fourth-order valence-corrected chi connectivity index (χ4v) is 3.69. The summed E-state index contributed by atoms with van der Waals surface area (Å²) in [6.07, 6.45) is 1.53. The normalized spacial score (nSPS) is 13.8. The second-order valence-corrected chi connectivity index (χ2v) is 7.47. The number of nitro benzene ring substituents is 1. The minimum atomic E-state index is -1.19. The van der Waals surface area contributed by atoms with Gasteiger partial charge in [0, 0.05) is 12.1 Å². The number of aromatic nitrogens is 2. The van der Waals surface area contributed by atoms with Gasteiger partial charge in [0.25, 0.3) is 17.5 Å². The molecule has 1 atom stereocenters. The molecule has 2 aromatic carbocycles. The number of nitro groups is 1. The van der Waals surface area contributed by atoms with E-state index in [0.29, 0.717) is 12.4 Å². The van der Waals surface area contributed by atoms with E-state index in [1.165, 1.54) is 25.3 Å². The predicted molar refractivity (Wildman–Crippen MR) is 114 cm³/mol. The molecule has 3 aromatic rings. The monoisotopic (exact) mass is 433 g/mol. The number of amides is 3. The molecule has 1 N–H and O–H groups in total. The van der Waals surface area contributed by atoms with Gasteiger partial charge in [0.15, 0.2) is 0 Å². The molecule has 2 heterocycles. The summed E-state index contributed by atoms with van der Waals surface area (Å²) in [7, 11) is 0. The molecule has 0 bridgehead atoms. The van der Waals surface area contributed by atoms with Gasteiger partial charge in [-0.3, -0.25) is 29.4 Å². The Morgan fingerprint density at radius 3 is 2.62 bits per heavy atom. The lowest BCUT2D eigenvalue weighted by Crippen LogP contribution is -2.45. The molecule has 1 unspecified atom stereocenters. The van der Waals surface area contributed by atoms with Crippen molar-refractivity contribution >= 4 is 29.2 Å². The van der Waals surface area contributed by atoms with Gasteiger partial charge in [0.1, 0.15) is 17.4 Å². The van der Waals surface area contributed by atoms with Crippen molar-refractivity contribution in [2.45, 2.75) is 26.4 Å². The molecule has 1 aliphatic rings. The van der Waals surface area contributed by atoms with Crippen LogP contribution in [-0.4, -0.2) is 43.4 Å². The quantitative estimate of drug-likeness (QED) is 0.362. The van der Waals surface area contributed by atoms with Crippen LogP contribution in [0, 0.1) is 17.0 Å². The van der Waals surface area contributed by atoms with Crippen LogP contribution in [-0.2, 0) is 11.3 Å². The van der Waals surface area contributed by atoms with Crippen molar-refractivity contribution in [1.29, 1.82) is 0 Å². The first kappa shape index (κ1) is 20.9. The van der Waals surface area contributed by atoms with E-state index in [1.54, 1.807) is 10.7 Å². The lowest BCUT2D eigenvalue weighted by molar-refractivity contribution is -0.385. The molecular weight excluding hydrogens is 414 g/mol.